The van der Waals surface area contributed by atoms with E-state index >= 15 is 0 Å². The van der Waals surface area contributed by atoms with Gasteiger partial charge in [-0.1, -0.05) is 12.8 Å². The Hall–Kier alpha value is -0.0800. The van der Waals surface area contributed by atoms with Crippen LogP contribution < -0.4 is 10.6 Å². The number of halogens is 1. The number of hydrogen-bond acceptors (Lipinski definition) is 3. The minimum Gasteiger partial charge on any atom is -0.377 e. The fourth-order valence-electron chi connectivity index (χ4n) is 3.00. The zero-order valence-electron chi connectivity index (χ0n) is 15.7. The van der Waals surface area contributed by atoms with Crippen molar-refractivity contribution < 1.29 is 4.74 Å². The van der Waals surface area contributed by atoms with E-state index in [1.165, 1.54) is 32.1 Å². The number of nitrogens with zero attached hydrogens (tertiary/aromatic N) is 2. The van der Waals surface area contributed by atoms with Crippen LogP contribution in [0, 0.1) is 5.92 Å². The number of nitrogens with one attached hydrogen (secondary N) is 2. The minimum atomic E-state index is 0. The van der Waals surface area contributed by atoms with Crippen LogP contribution in [0.5, 0.6) is 0 Å². The maximum Gasteiger partial charge on any atom is 0.191 e. The topological polar surface area (TPSA) is 48.9 Å². The molecule has 1 saturated carbocycles. The summed E-state index contributed by atoms with van der Waals surface area (Å²) < 4.78 is 5.65. The molecule has 5 nitrogen and oxygen atoms in total. The van der Waals surface area contributed by atoms with Crippen LogP contribution in [0.3, 0.4) is 0 Å². The van der Waals surface area contributed by atoms with Gasteiger partial charge in [-0.15, -0.1) is 24.0 Å². The van der Waals surface area contributed by atoms with Gasteiger partial charge in [-0.05, 0) is 46.0 Å². The highest BCUT2D eigenvalue weighted by atomic mass is 127. The molecular formula is C18H37IN4O. The molecule has 1 heterocycles. The number of ether oxygens (including phenoxy) is 1. The average Bonchev–Trinajstić information content (AvgIpc) is 3.33. The molecular weight excluding hydrogens is 415 g/mol. The summed E-state index contributed by atoms with van der Waals surface area (Å²) >= 11 is 0. The SMILES string of the molecule is CCNC(=NCCC1CC1)NC1CCN(CCOC(C)C)CC1.I. The Morgan fingerprint density at radius 2 is 1.92 bits per heavy atom. The summed E-state index contributed by atoms with van der Waals surface area (Å²) in [6.45, 7) is 12.4. The zero-order valence-corrected chi connectivity index (χ0v) is 18.1. The van der Waals surface area contributed by atoms with Crippen molar-refractivity contribution in [1.29, 1.82) is 0 Å². The van der Waals surface area contributed by atoms with Gasteiger partial charge in [0.2, 0.25) is 0 Å². The van der Waals surface area contributed by atoms with Gasteiger partial charge >= 0.3 is 0 Å². The lowest BCUT2D eigenvalue weighted by Crippen LogP contribution is -2.49. The van der Waals surface area contributed by atoms with Gasteiger partial charge in [0.05, 0.1) is 12.7 Å². The Balaban J connectivity index is 0.00000288. The summed E-state index contributed by atoms with van der Waals surface area (Å²) in [5, 5.41) is 7.01. The third-order valence-electron chi connectivity index (χ3n) is 4.64. The van der Waals surface area contributed by atoms with E-state index in [1.807, 2.05) is 0 Å². The minimum absolute atomic E-state index is 0. The third-order valence-corrected chi connectivity index (χ3v) is 4.64. The lowest BCUT2D eigenvalue weighted by molar-refractivity contribution is 0.0532. The molecule has 2 aliphatic rings. The molecule has 1 aliphatic heterocycles. The Morgan fingerprint density at radius 1 is 1.21 bits per heavy atom. The van der Waals surface area contributed by atoms with Gasteiger partial charge in [0.25, 0.3) is 0 Å². The Bertz CT molecular complexity index is 353. The predicted molar refractivity (Wildman–Crippen MR) is 112 cm³/mol. The number of rotatable bonds is 9. The summed E-state index contributed by atoms with van der Waals surface area (Å²) in [6.07, 6.45) is 6.80. The first-order valence-electron chi connectivity index (χ1n) is 9.56. The molecule has 1 saturated heterocycles. The van der Waals surface area contributed by atoms with Gasteiger partial charge in [0.1, 0.15) is 0 Å². The van der Waals surface area contributed by atoms with Crippen molar-refractivity contribution in [3.63, 3.8) is 0 Å². The standard InChI is InChI=1S/C18H36N4O.HI/c1-4-19-18(20-10-7-16-5-6-16)21-17-8-11-22(12-9-17)13-14-23-15(2)3;/h15-17H,4-14H2,1-3H3,(H2,19,20,21);1H. The Morgan fingerprint density at radius 3 is 2.50 bits per heavy atom. The van der Waals surface area contributed by atoms with Gasteiger partial charge in [0.15, 0.2) is 5.96 Å². The molecule has 2 fully saturated rings. The van der Waals surface area contributed by atoms with Crippen molar-refractivity contribution in [2.24, 2.45) is 10.9 Å². The van der Waals surface area contributed by atoms with Crippen LogP contribution >= 0.6 is 24.0 Å². The largest absolute Gasteiger partial charge is 0.377 e. The first-order chi connectivity index (χ1) is 11.2. The fourth-order valence-corrected chi connectivity index (χ4v) is 3.00. The highest BCUT2D eigenvalue weighted by Crippen LogP contribution is 2.32. The van der Waals surface area contributed by atoms with Crippen LogP contribution in [-0.2, 0) is 4.74 Å². The van der Waals surface area contributed by atoms with E-state index in [9.17, 15) is 0 Å². The average molecular weight is 452 g/mol. The normalized spacial score (nSPS) is 20.1. The van der Waals surface area contributed by atoms with Gasteiger partial charge in [0, 0.05) is 38.8 Å². The zero-order chi connectivity index (χ0) is 16.5. The van der Waals surface area contributed by atoms with E-state index < -0.39 is 0 Å². The smallest absolute Gasteiger partial charge is 0.191 e. The van der Waals surface area contributed by atoms with E-state index in [1.54, 1.807) is 0 Å². The molecule has 0 aromatic heterocycles. The number of likely N-dealkylation sites (tertiary alicyclic amines) is 1. The summed E-state index contributed by atoms with van der Waals surface area (Å²) in [4.78, 5) is 7.25. The lowest BCUT2D eigenvalue weighted by atomic mass is 10.1. The summed E-state index contributed by atoms with van der Waals surface area (Å²) in [6, 6.07) is 0.552. The molecule has 0 aromatic carbocycles. The second-order valence-corrected chi connectivity index (χ2v) is 7.17. The summed E-state index contributed by atoms with van der Waals surface area (Å²) in [5.74, 6) is 1.97. The fraction of sp³-hybridized carbons (Fsp3) is 0.944. The molecule has 0 radical (unpaired) electrons. The number of aliphatic imine (C=N–C) groups is 1. The highest BCUT2D eigenvalue weighted by Gasteiger charge is 2.21. The van der Waals surface area contributed by atoms with Crippen molar-refractivity contribution in [2.75, 3.05) is 39.3 Å². The Labute approximate surface area is 165 Å². The van der Waals surface area contributed by atoms with E-state index in [2.05, 4.69) is 36.3 Å². The van der Waals surface area contributed by atoms with Gasteiger partial charge in [-0.2, -0.15) is 0 Å². The molecule has 24 heavy (non-hydrogen) atoms. The van der Waals surface area contributed by atoms with E-state index in [-0.39, 0.29) is 24.0 Å². The van der Waals surface area contributed by atoms with Crippen LogP contribution in [0.15, 0.2) is 4.99 Å². The van der Waals surface area contributed by atoms with Crippen molar-refractivity contribution >= 4 is 29.9 Å². The number of guanidine groups is 1. The monoisotopic (exact) mass is 452 g/mol. The Kier molecular flexibility index (Phi) is 11.3. The van der Waals surface area contributed by atoms with Crippen LogP contribution in [0.25, 0.3) is 0 Å². The second-order valence-electron chi connectivity index (χ2n) is 7.17. The summed E-state index contributed by atoms with van der Waals surface area (Å²) in [5.41, 5.74) is 0. The quantitative estimate of drug-likeness (QED) is 0.321. The van der Waals surface area contributed by atoms with Crippen LogP contribution in [-0.4, -0.2) is 62.3 Å². The van der Waals surface area contributed by atoms with Gasteiger partial charge in [-0.25, -0.2) is 0 Å². The molecule has 0 atom stereocenters. The maximum absolute atomic E-state index is 5.65. The first-order valence-corrected chi connectivity index (χ1v) is 9.56. The lowest BCUT2D eigenvalue weighted by Gasteiger charge is -2.33. The van der Waals surface area contributed by atoms with Crippen LogP contribution in [0.2, 0.25) is 0 Å². The van der Waals surface area contributed by atoms with Crippen LogP contribution in [0.1, 0.15) is 52.9 Å². The van der Waals surface area contributed by atoms with Crippen molar-refractivity contribution in [2.45, 2.75) is 65.0 Å². The molecule has 1 aliphatic carbocycles. The molecule has 2 rings (SSSR count). The molecule has 6 heteroatoms. The van der Waals surface area contributed by atoms with Gasteiger partial charge in [-0.3, -0.25) is 4.99 Å². The number of hydrogen-bond donors (Lipinski definition) is 2. The summed E-state index contributed by atoms with van der Waals surface area (Å²) in [7, 11) is 0. The predicted octanol–water partition coefficient (Wildman–Crippen LogP) is 2.85. The third kappa shape index (κ3) is 9.42. The van der Waals surface area contributed by atoms with Crippen molar-refractivity contribution in [1.82, 2.24) is 15.5 Å². The second kappa shape index (κ2) is 12.3. The van der Waals surface area contributed by atoms with Crippen molar-refractivity contribution in [3.05, 3.63) is 0 Å². The molecule has 0 amide bonds. The molecule has 0 aromatic rings. The highest BCUT2D eigenvalue weighted by molar-refractivity contribution is 14.0. The van der Waals surface area contributed by atoms with Gasteiger partial charge < -0.3 is 20.3 Å². The van der Waals surface area contributed by atoms with Crippen molar-refractivity contribution in [3.8, 4) is 0 Å². The molecule has 142 valence electrons. The molecule has 2 N–H and O–H groups in total. The first kappa shape index (κ1) is 22.0. The maximum atomic E-state index is 5.65. The van der Waals surface area contributed by atoms with Crippen LogP contribution in [0.4, 0.5) is 0 Å². The molecule has 0 bridgehead atoms. The molecule has 0 spiro atoms. The number of piperidine rings is 1. The van der Waals surface area contributed by atoms with E-state index in [4.69, 9.17) is 9.73 Å². The van der Waals surface area contributed by atoms with E-state index in [0.29, 0.717) is 12.1 Å². The van der Waals surface area contributed by atoms with E-state index in [0.717, 1.165) is 51.2 Å². The molecule has 0 unspecified atom stereocenters.